The molecule has 0 spiro atoms. The molecule has 0 rings (SSSR count). The van der Waals surface area contributed by atoms with E-state index in [1.807, 2.05) is 0 Å². The summed E-state index contributed by atoms with van der Waals surface area (Å²) in [7, 11) is 0. The summed E-state index contributed by atoms with van der Waals surface area (Å²) < 4.78 is 0. The third-order valence-electron chi connectivity index (χ3n) is 3.23. The molecule has 0 heterocycles. The smallest absolute Gasteiger partial charge is 0.00313 e. The number of alkyl halides is 1. The fourth-order valence-corrected chi connectivity index (χ4v) is 2.41. The monoisotopic (exact) mass is 327 g/mol. The molecule has 0 saturated carbocycles. The van der Waals surface area contributed by atoms with Gasteiger partial charge < -0.3 is 0 Å². The van der Waals surface area contributed by atoms with Gasteiger partial charge in [0.25, 0.3) is 0 Å². The van der Waals surface area contributed by atoms with E-state index in [4.69, 9.17) is 0 Å². The van der Waals surface area contributed by atoms with Crippen molar-refractivity contribution < 1.29 is 0 Å². The Morgan fingerprint density at radius 1 is 0.632 bits per heavy atom. The topological polar surface area (TPSA) is 0 Å². The van der Waals surface area contributed by atoms with Gasteiger partial charge in [0.05, 0.1) is 0 Å². The summed E-state index contributed by atoms with van der Waals surface area (Å²) in [6.45, 7) is 3.85. The minimum absolute atomic E-state index is 1.07. The molecule has 0 atom stereocenters. The summed E-state index contributed by atoms with van der Waals surface area (Å²) >= 11 is 3.47. The van der Waals surface area contributed by atoms with Crippen LogP contribution in [0.4, 0.5) is 0 Å². The highest BCUT2D eigenvalue weighted by Gasteiger charge is 1.89. The zero-order valence-corrected chi connectivity index (χ0v) is 14.2. The molecule has 0 aromatic heterocycles. The Bertz CT molecular complexity index is 206. The summed E-state index contributed by atoms with van der Waals surface area (Å²) in [4.78, 5) is 0. The number of halogens is 1. The lowest BCUT2D eigenvalue weighted by Crippen LogP contribution is -1.80. The van der Waals surface area contributed by atoms with Gasteiger partial charge in [0.15, 0.2) is 0 Å². The van der Waals surface area contributed by atoms with E-state index in [1.54, 1.807) is 0 Å². The summed E-state index contributed by atoms with van der Waals surface area (Å²) in [6, 6.07) is 0. The molecule has 0 aliphatic rings. The number of hydrogen-bond donors (Lipinski definition) is 0. The normalized spacial score (nSPS) is 11.9. The van der Waals surface area contributed by atoms with Crippen LogP contribution in [0.1, 0.15) is 77.0 Å². The minimum Gasteiger partial charge on any atom is -0.0928 e. The van der Waals surface area contributed by atoms with Crippen molar-refractivity contribution in [3.8, 4) is 0 Å². The van der Waals surface area contributed by atoms with E-state index >= 15 is 0 Å². The van der Waals surface area contributed by atoms with Crippen molar-refractivity contribution in [2.45, 2.75) is 77.0 Å². The molecule has 0 saturated heterocycles. The average Bonchev–Trinajstić information content (AvgIpc) is 2.43. The van der Waals surface area contributed by atoms with Crippen LogP contribution in [-0.2, 0) is 0 Å². The van der Waals surface area contributed by atoms with E-state index in [2.05, 4.69) is 47.2 Å². The van der Waals surface area contributed by atoms with Crippen molar-refractivity contribution in [1.82, 2.24) is 0 Å². The first-order valence-electron chi connectivity index (χ1n) is 8.07. The van der Waals surface area contributed by atoms with Gasteiger partial charge >= 0.3 is 0 Å². The Morgan fingerprint density at radius 2 is 1.16 bits per heavy atom. The molecule has 0 aliphatic carbocycles. The van der Waals surface area contributed by atoms with E-state index in [9.17, 15) is 0 Å². The first kappa shape index (κ1) is 19.0. The molecule has 0 nitrogen and oxygen atoms in total. The molecule has 111 valence electrons. The fraction of sp³-hybridized carbons (Fsp3) is 0.722. The second-order valence-corrected chi connectivity index (χ2v) is 5.92. The van der Waals surface area contributed by atoms with Crippen LogP contribution < -0.4 is 0 Å². The molecular formula is C18H32Br. The zero-order valence-electron chi connectivity index (χ0n) is 12.6. The standard InChI is InChI=1S/C18H32Br/c1-2-3-4-5-6-7-8-9-10-11-12-13-14-15-16-17-18-19/h6-7,9-10H,1-5,8,11-18H2. The zero-order chi connectivity index (χ0) is 14.0. The largest absolute Gasteiger partial charge is 0.0928 e. The Morgan fingerprint density at radius 3 is 1.74 bits per heavy atom. The van der Waals surface area contributed by atoms with E-state index in [-0.39, 0.29) is 0 Å². The van der Waals surface area contributed by atoms with Crippen molar-refractivity contribution in [1.29, 1.82) is 0 Å². The van der Waals surface area contributed by atoms with E-state index in [1.165, 1.54) is 69.5 Å². The molecule has 0 aliphatic heterocycles. The Labute approximate surface area is 129 Å². The van der Waals surface area contributed by atoms with Crippen molar-refractivity contribution in [2.24, 2.45) is 0 Å². The Balaban J connectivity index is 3.12. The Kier molecular flexibility index (Phi) is 17.9. The van der Waals surface area contributed by atoms with Crippen LogP contribution in [0.2, 0.25) is 0 Å². The first-order valence-corrected chi connectivity index (χ1v) is 9.19. The third kappa shape index (κ3) is 18.0. The lowest BCUT2D eigenvalue weighted by atomic mass is 10.1. The van der Waals surface area contributed by atoms with Gasteiger partial charge in [-0.25, -0.2) is 0 Å². The molecule has 0 bridgehead atoms. The molecule has 0 aromatic carbocycles. The Hall–Kier alpha value is -0.0400. The van der Waals surface area contributed by atoms with Gasteiger partial charge in [-0.15, -0.1) is 0 Å². The second kappa shape index (κ2) is 18.0. The predicted octanol–water partition coefficient (Wildman–Crippen LogP) is 7.01. The van der Waals surface area contributed by atoms with Crippen LogP contribution in [0, 0.1) is 6.92 Å². The van der Waals surface area contributed by atoms with Gasteiger partial charge in [-0.2, -0.15) is 0 Å². The molecule has 1 heteroatoms. The molecule has 19 heavy (non-hydrogen) atoms. The summed E-state index contributed by atoms with van der Waals surface area (Å²) in [5, 5.41) is 1.17. The number of rotatable bonds is 14. The van der Waals surface area contributed by atoms with Gasteiger partial charge in [-0.05, 0) is 38.5 Å². The molecular weight excluding hydrogens is 296 g/mol. The summed E-state index contributed by atoms with van der Waals surface area (Å²) in [6.07, 6.45) is 24.8. The molecule has 0 fully saturated rings. The van der Waals surface area contributed by atoms with Gasteiger partial charge in [0.1, 0.15) is 0 Å². The van der Waals surface area contributed by atoms with Gasteiger partial charge in [-0.3, -0.25) is 0 Å². The van der Waals surface area contributed by atoms with Crippen LogP contribution in [0.3, 0.4) is 0 Å². The summed E-state index contributed by atoms with van der Waals surface area (Å²) in [5.74, 6) is 0. The van der Waals surface area contributed by atoms with Crippen LogP contribution >= 0.6 is 15.9 Å². The van der Waals surface area contributed by atoms with Crippen LogP contribution in [0.15, 0.2) is 24.3 Å². The van der Waals surface area contributed by atoms with Gasteiger partial charge in [-0.1, -0.05) is 85.7 Å². The lowest BCUT2D eigenvalue weighted by Gasteiger charge is -1.98. The maximum Gasteiger partial charge on any atom is 0.00313 e. The average molecular weight is 328 g/mol. The minimum atomic E-state index is 1.07. The maximum absolute atomic E-state index is 3.85. The van der Waals surface area contributed by atoms with Crippen LogP contribution in [0.25, 0.3) is 0 Å². The van der Waals surface area contributed by atoms with Crippen LogP contribution in [0.5, 0.6) is 0 Å². The fourth-order valence-electron chi connectivity index (χ4n) is 2.01. The number of hydrogen-bond acceptors (Lipinski definition) is 0. The lowest BCUT2D eigenvalue weighted by molar-refractivity contribution is 0.613. The maximum atomic E-state index is 3.85. The van der Waals surface area contributed by atoms with Gasteiger partial charge in [0.2, 0.25) is 0 Å². The molecule has 0 N–H and O–H groups in total. The van der Waals surface area contributed by atoms with E-state index in [0.29, 0.717) is 0 Å². The van der Waals surface area contributed by atoms with Gasteiger partial charge in [0, 0.05) is 5.33 Å². The number of allylic oxidation sites excluding steroid dienone is 4. The van der Waals surface area contributed by atoms with Crippen molar-refractivity contribution in [2.75, 3.05) is 5.33 Å². The molecule has 0 aromatic rings. The van der Waals surface area contributed by atoms with Crippen molar-refractivity contribution >= 4 is 15.9 Å². The van der Waals surface area contributed by atoms with E-state index in [0.717, 1.165) is 12.8 Å². The number of unbranched alkanes of at least 4 members (excludes halogenated alkanes) is 9. The molecule has 0 amide bonds. The predicted molar refractivity (Wildman–Crippen MR) is 92.8 cm³/mol. The molecule has 0 unspecified atom stereocenters. The highest BCUT2D eigenvalue weighted by molar-refractivity contribution is 9.09. The quantitative estimate of drug-likeness (QED) is 0.183. The molecule has 1 radical (unpaired) electrons. The first-order chi connectivity index (χ1) is 9.41. The van der Waals surface area contributed by atoms with E-state index < -0.39 is 0 Å². The highest BCUT2D eigenvalue weighted by Crippen LogP contribution is 2.08. The SMILES string of the molecule is [CH2]CCCCC=CCC=CCCCCCCCCBr. The van der Waals surface area contributed by atoms with Crippen molar-refractivity contribution in [3.63, 3.8) is 0 Å². The van der Waals surface area contributed by atoms with Crippen molar-refractivity contribution in [3.05, 3.63) is 31.2 Å². The highest BCUT2D eigenvalue weighted by atomic mass is 79.9. The second-order valence-electron chi connectivity index (χ2n) is 5.13. The third-order valence-corrected chi connectivity index (χ3v) is 3.79. The summed E-state index contributed by atoms with van der Waals surface area (Å²) in [5.41, 5.74) is 0. The van der Waals surface area contributed by atoms with Crippen LogP contribution in [-0.4, -0.2) is 5.33 Å².